The molecule has 1 aliphatic rings. The van der Waals surface area contributed by atoms with Gasteiger partial charge in [0.05, 0.1) is 34.6 Å². The minimum absolute atomic E-state index is 0.0236. The Balaban J connectivity index is 2.07. The van der Waals surface area contributed by atoms with Gasteiger partial charge in [-0.05, 0) is 30.7 Å². The van der Waals surface area contributed by atoms with E-state index in [1.54, 1.807) is 0 Å². The molecule has 0 bridgehead atoms. The topological polar surface area (TPSA) is 53.4 Å². The van der Waals surface area contributed by atoms with Gasteiger partial charge in [-0.15, -0.1) is 0 Å². The molecule has 2 aromatic rings. The van der Waals surface area contributed by atoms with Crippen LogP contribution in [0.25, 0.3) is 0 Å². The van der Waals surface area contributed by atoms with Crippen LogP contribution in [-0.4, -0.2) is 16.0 Å². The average molecular weight is 373 g/mol. The minimum atomic E-state index is -3.71. The first-order chi connectivity index (χ1) is 11.2. The summed E-state index contributed by atoms with van der Waals surface area (Å²) in [5.74, 6) is -5.07. The van der Waals surface area contributed by atoms with Gasteiger partial charge in [0.25, 0.3) is 0 Å². The van der Waals surface area contributed by atoms with Gasteiger partial charge < -0.3 is 10.0 Å². The molecule has 1 aromatic heterocycles. The second-order valence-corrected chi connectivity index (χ2v) is 6.22. The summed E-state index contributed by atoms with van der Waals surface area (Å²) in [6, 6.07) is 7.31. The van der Waals surface area contributed by atoms with E-state index < -0.39 is 23.5 Å². The van der Waals surface area contributed by atoms with Gasteiger partial charge in [0.15, 0.2) is 0 Å². The van der Waals surface area contributed by atoms with Crippen LogP contribution in [0.15, 0.2) is 30.3 Å². The Kier molecular flexibility index (Phi) is 4.23. The highest BCUT2D eigenvalue weighted by atomic mass is 35.5. The lowest BCUT2D eigenvalue weighted by Crippen LogP contribution is -2.34. The second kappa shape index (κ2) is 5.95. The Hall–Kier alpha value is -1.76. The van der Waals surface area contributed by atoms with Gasteiger partial charge in [-0.1, -0.05) is 35.3 Å². The Labute approximate surface area is 146 Å². The van der Waals surface area contributed by atoms with Gasteiger partial charge in [0.1, 0.15) is 5.15 Å². The number of pyridine rings is 1. The summed E-state index contributed by atoms with van der Waals surface area (Å²) in [6.45, 7) is 1.20. The molecule has 0 spiro atoms. The third-order valence-electron chi connectivity index (χ3n) is 3.82. The van der Waals surface area contributed by atoms with Gasteiger partial charge in [0, 0.05) is 0 Å². The molecule has 126 valence electrons. The van der Waals surface area contributed by atoms with Crippen LogP contribution >= 0.6 is 23.2 Å². The summed E-state index contributed by atoms with van der Waals surface area (Å²) in [4.78, 5) is 17.2. The van der Waals surface area contributed by atoms with Crippen molar-refractivity contribution in [1.29, 1.82) is 0 Å². The third-order valence-corrected chi connectivity index (χ3v) is 4.51. The zero-order valence-electron chi connectivity index (χ0n) is 12.4. The maximum atomic E-state index is 14.5. The maximum Gasteiger partial charge on any atom is 0.352 e. The van der Waals surface area contributed by atoms with Crippen LogP contribution in [0.5, 0.6) is 0 Å². The Morgan fingerprint density at radius 1 is 1.29 bits per heavy atom. The molecule has 0 saturated carbocycles. The van der Waals surface area contributed by atoms with Crippen LogP contribution in [0.3, 0.4) is 0 Å². The molecule has 2 heterocycles. The van der Waals surface area contributed by atoms with Crippen molar-refractivity contribution in [2.75, 3.05) is 4.90 Å². The standard InChI is InChI=1S/C16H12Cl2F2N2O2/c1-8(23)10-3-2-4-12-13(10)16(19,20)15(24)22(12)7-9-5-6-11(17)14(18)21-9/h2-6,8,23H,7H2,1H3/t8-/m0/s1. The van der Waals surface area contributed by atoms with E-state index in [1.807, 2.05) is 0 Å². The molecule has 0 unspecified atom stereocenters. The highest BCUT2D eigenvalue weighted by Crippen LogP contribution is 2.47. The summed E-state index contributed by atoms with van der Waals surface area (Å²) in [6.07, 6.45) is -1.12. The van der Waals surface area contributed by atoms with Crippen molar-refractivity contribution in [3.8, 4) is 0 Å². The number of fused-ring (bicyclic) bond motifs is 1. The largest absolute Gasteiger partial charge is 0.389 e. The molecular formula is C16H12Cl2F2N2O2. The van der Waals surface area contributed by atoms with Crippen molar-refractivity contribution < 1.29 is 18.7 Å². The van der Waals surface area contributed by atoms with Crippen molar-refractivity contribution in [3.05, 3.63) is 57.3 Å². The van der Waals surface area contributed by atoms with Gasteiger partial charge in [0.2, 0.25) is 0 Å². The number of carbonyl (C=O) groups is 1. The predicted octanol–water partition coefficient (Wildman–Crippen LogP) is 4.08. The van der Waals surface area contributed by atoms with Gasteiger partial charge in [-0.25, -0.2) is 4.98 Å². The zero-order chi connectivity index (χ0) is 17.6. The van der Waals surface area contributed by atoms with Crippen LogP contribution < -0.4 is 4.90 Å². The van der Waals surface area contributed by atoms with Crippen LogP contribution in [0.2, 0.25) is 10.2 Å². The van der Waals surface area contributed by atoms with Crippen LogP contribution in [0.1, 0.15) is 29.8 Å². The molecule has 1 amide bonds. The number of aromatic nitrogens is 1. The van der Waals surface area contributed by atoms with Crippen LogP contribution in [0.4, 0.5) is 14.5 Å². The zero-order valence-corrected chi connectivity index (χ0v) is 13.9. The molecule has 0 saturated heterocycles. The Morgan fingerprint density at radius 3 is 2.62 bits per heavy atom. The number of aliphatic hydroxyl groups is 1. The number of carbonyl (C=O) groups excluding carboxylic acids is 1. The molecule has 8 heteroatoms. The number of aliphatic hydroxyl groups excluding tert-OH is 1. The molecule has 24 heavy (non-hydrogen) atoms. The van der Waals surface area contributed by atoms with E-state index in [0.29, 0.717) is 5.69 Å². The first-order valence-electron chi connectivity index (χ1n) is 7.05. The van der Waals surface area contributed by atoms with Gasteiger partial charge >= 0.3 is 11.8 Å². The first kappa shape index (κ1) is 17.1. The summed E-state index contributed by atoms with van der Waals surface area (Å²) in [5.41, 5.74) is -0.0689. The number of halogens is 4. The number of benzene rings is 1. The van der Waals surface area contributed by atoms with Crippen molar-refractivity contribution >= 4 is 34.8 Å². The van der Waals surface area contributed by atoms with E-state index in [-0.39, 0.29) is 28.0 Å². The molecule has 0 fully saturated rings. The molecule has 0 radical (unpaired) electrons. The lowest BCUT2D eigenvalue weighted by Gasteiger charge is -2.17. The van der Waals surface area contributed by atoms with E-state index in [1.165, 1.54) is 37.3 Å². The monoisotopic (exact) mass is 372 g/mol. The summed E-state index contributed by atoms with van der Waals surface area (Å²) in [5, 5.41) is 10.0. The van der Waals surface area contributed by atoms with Crippen molar-refractivity contribution in [3.63, 3.8) is 0 Å². The fourth-order valence-electron chi connectivity index (χ4n) is 2.72. The predicted molar refractivity (Wildman–Crippen MR) is 86.4 cm³/mol. The van der Waals surface area contributed by atoms with E-state index in [2.05, 4.69) is 4.98 Å². The van der Waals surface area contributed by atoms with Gasteiger partial charge in [-0.3, -0.25) is 4.79 Å². The summed E-state index contributed by atoms with van der Waals surface area (Å²) >= 11 is 11.6. The average Bonchev–Trinajstić information content (AvgIpc) is 2.72. The molecule has 1 atom stereocenters. The smallest absolute Gasteiger partial charge is 0.352 e. The van der Waals surface area contributed by atoms with E-state index in [0.717, 1.165) is 4.90 Å². The molecule has 1 N–H and O–H groups in total. The van der Waals surface area contributed by atoms with E-state index >= 15 is 0 Å². The molecule has 1 aliphatic heterocycles. The van der Waals surface area contributed by atoms with E-state index in [4.69, 9.17) is 23.2 Å². The van der Waals surface area contributed by atoms with Crippen molar-refractivity contribution in [2.24, 2.45) is 0 Å². The highest BCUT2D eigenvalue weighted by Gasteiger charge is 2.54. The Morgan fingerprint density at radius 2 is 2.00 bits per heavy atom. The second-order valence-electron chi connectivity index (χ2n) is 5.46. The third kappa shape index (κ3) is 2.64. The van der Waals surface area contributed by atoms with Crippen LogP contribution in [-0.2, 0) is 17.3 Å². The Bertz CT molecular complexity index is 828. The number of hydrogen-bond acceptors (Lipinski definition) is 3. The molecule has 0 aliphatic carbocycles. The maximum absolute atomic E-state index is 14.5. The normalized spacial score (nSPS) is 17.1. The minimum Gasteiger partial charge on any atom is -0.389 e. The molecule has 4 nitrogen and oxygen atoms in total. The SMILES string of the molecule is C[C@H](O)c1cccc2c1C(F)(F)C(=O)N2Cc1ccc(Cl)c(Cl)n1. The molecular weight excluding hydrogens is 361 g/mol. The molecule has 3 rings (SSSR count). The lowest BCUT2D eigenvalue weighted by atomic mass is 9.98. The quantitative estimate of drug-likeness (QED) is 0.825. The number of rotatable bonds is 3. The number of nitrogens with zero attached hydrogens (tertiary/aromatic N) is 2. The molecule has 1 aromatic carbocycles. The fraction of sp³-hybridized carbons (Fsp3) is 0.250. The number of hydrogen-bond donors (Lipinski definition) is 1. The van der Waals surface area contributed by atoms with Crippen LogP contribution in [0, 0.1) is 0 Å². The number of alkyl halides is 2. The van der Waals surface area contributed by atoms with Crippen molar-refractivity contribution in [1.82, 2.24) is 4.98 Å². The van der Waals surface area contributed by atoms with Crippen molar-refractivity contribution in [2.45, 2.75) is 25.5 Å². The summed E-state index contributed by atoms with van der Waals surface area (Å²) < 4.78 is 29.0. The van der Waals surface area contributed by atoms with E-state index in [9.17, 15) is 18.7 Å². The summed E-state index contributed by atoms with van der Waals surface area (Å²) in [7, 11) is 0. The van der Waals surface area contributed by atoms with Gasteiger partial charge in [-0.2, -0.15) is 8.78 Å². The number of anilines is 1. The lowest BCUT2D eigenvalue weighted by molar-refractivity contribution is -0.141. The number of amides is 1. The fourth-order valence-corrected chi connectivity index (χ4v) is 3.00. The first-order valence-corrected chi connectivity index (χ1v) is 7.81. The highest BCUT2D eigenvalue weighted by molar-refractivity contribution is 6.41.